The zero-order valence-electron chi connectivity index (χ0n) is 7.92. The third-order valence-corrected chi connectivity index (χ3v) is 1.97. The first-order chi connectivity index (χ1) is 6.92. The van der Waals surface area contributed by atoms with Crippen LogP contribution in [0.1, 0.15) is 0 Å². The highest BCUT2D eigenvalue weighted by Crippen LogP contribution is 2.04. The molecule has 0 fully saturated rings. The number of para-hydroxylation sites is 1. The Balaban J connectivity index is 2.51. The highest BCUT2D eigenvalue weighted by molar-refractivity contribution is 5.22. The maximum absolute atomic E-state index is 5.20. The van der Waals surface area contributed by atoms with Gasteiger partial charge in [0.25, 0.3) is 0 Å². The van der Waals surface area contributed by atoms with Crippen LogP contribution in [0.25, 0.3) is 5.69 Å². The van der Waals surface area contributed by atoms with Crippen LogP contribution in [0.15, 0.2) is 48.9 Å². The summed E-state index contributed by atoms with van der Waals surface area (Å²) in [6.07, 6.45) is 5.29. The van der Waals surface area contributed by atoms with Gasteiger partial charge in [0.1, 0.15) is 6.20 Å². The summed E-state index contributed by atoms with van der Waals surface area (Å²) in [7, 11) is 1.64. The second-order valence-corrected chi connectivity index (χ2v) is 2.82. The summed E-state index contributed by atoms with van der Waals surface area (Å²) in [6.45, 7) is 0. The summed E-state index contributed by atoms with van der Waals surface area (Å²) in [5.41, 5.74) is 1.06. The van der Waals surface area contributed by atoms with Gasteiger partial charge in [-0.25, -0.2) is 4.98 Å². The van der Waals surface area contributed by atoms with E-state index in [1.807, 2.05) is 41.1 Å². The molecule has 0 unspecified atom stereocenters. The topological polar surface area (TPSA) is 26.0 Å². The van der Waals surface area contributed by atoms with Crippen LogP contribution in [-0.4, -0.2) is 12.1 Å². The smallest absolute Gasteiger partial charge is 0.392 e. The van der Waals surface area contributed by atoms with E-state index in [4.69, 9.17) is 4.74 Å². The van der Waals surface area contributed by atoms with E-state index in [2.05, 4.69) is 4.98 Å². The van der Waals surface area contributed by atoms with E-state index in [-0.39, 0.29) is 0 Å². The summed E-state index contributed by atoms with van der Waals surface area (Å²) in [5, 5.41) is 0. The molecule has 3 heteroatoms. The van der Waals surface area contributed by atoms with Crippen LogP contribution in [-0.2, 0) is 0 Å². The number of nitrogens with zero attached hydrogens (tertiary/aromatic N) is 2. The van der Waals surface area contributed by atoms with Gasteiger partial charge in [0.15, 0.2) is 6.20 Å². The standard InChI is InChI=1S/C11H11N2O/c1-14-11-9-12-7-8-13(11)10-5-3-2-4-6-10/h2-9H,1H3/q+1. The number of aromatic nitrogens is 2. The Morgan fingerprint density at radius 3 is 2.71 bits per heavy atom. The van der Waals surface area contributed by atoms with Crippen molar-refractivity contribution in [2.24, 2.45) is 0 Å². The molecule has 0 radical (unpaired) electrons. The number of rotatable bonds is 2. The first kappa shape index (κ1) is 8.69. The van der Waals surface area contributed by atoms with Crippen LogP contribution in [0.4, 0.5) is 0 Å². The largest absolute Gasteiger partial charge is 0.446 e. The second kappa shape index (κ2) is 3.87. The molecule has 0 saturated carbocycles. The normalized spacial score (nSPS) is 9.79. The Bertz CT molecular complexity index is 415. The Morgan fingerprint density at radius 1 is 1.21 bits per heavy atom. The summed E-state index contributed by atoms with van der Waals surface area (Å²) in [5.74, 6) is 0.721. The van der Waals surface area contributed by atoms with E-state index in [0.717, 1.165) is 11.6 Å². The summed E-state index contributed by atoms with van der Waals surface area (Å²) in [6, 6.07) is 9.99. The lowest BCUT2D eigenvalue weighted by Gasteiger charge is -1.99. The van der Waals surface area contributed by atoms with Gasteiger partial charge in [-0.2, -0.15) is 0 Å². The molecule has 2 aromatic rings. The Morgan fingerprint density at radius 2 is 2.00 bits per heavy atom. The van der Waals surface area contributed by atoms with Crippen molar-refractivity contribution in [2.45, 2.75) is 0 Å². The zero-order chi connectivity index (χ0) is 9.80. The fraction of sp³-hybridized carbons (Fsp3) is 0.0909. The fourth-order valence-electron chi connectivity index (χ4n) is 1.30. The van der Waals surface area contributed by atoms with Gasteiger partial charge in [0, 0.05) is 12.1 Å². The van der Waals surface area contributed by atoms with E-state index in [1.165, 1.54) is 0 Å². The van der Waals surface area contributed by atoms with Crippen molar-refractivity contribution in [3.63, 3.8) is 0 Å². The Labute approximate surface area is 82.6 Å². The minimum atomic E-state index is 0.721. The third kappa shape index (κ3) is 1.57. The fourth-order valence-corrected chi connectivity index (χ4v) is 1.30. The van der Waals surface area contributed by atoms with Crippen molar-refractivity contribution in [1.82, 2.24) is 4.98 Å². The predicted octanol–water partition coefficient (Wildman–Crippen LogP) is 1.37. The van der Waals surface area contributed by atoms with Crippen LogP contribution < -0.4 is 9.30 Å². The molecule has 2 rings (SSSR count). The van der Waals surface area contributed by atoms with E-state index in [9.17, 15) is 0 Å². The van der Waals surface area contributed by atoms with E-state index in [1.54, 1.807) is 19.5 Å². The van der Waals surface area contributed by atoms with Crippen LogP contribution in [0, 0.1) is 0 Å². The lowest BCUT2D eigenvalue weighted by atomic mass is 10.3. The molecule has 0 atom stereocenters. The molecule has 0 aliphatic carbocycles. The van der Waals surface area contributed by atoms with Crippen molar-refractivity contribution in [1.29, 1.82) is 0 Å². The average molecular weight is 187 g/mol. The number of benzene rings is 1. The van der Waals surface area contributed by atoms with E-state index >= 15 is 0 Å². The molecule has 0 N–H and O–H groups in total. The summed E-state index contributed by atoms with van der Waals surface area (Å²) in [4.78, 5) is 4.00. The molecule has 0 amide bonds. The van der Waals surface area contributed by atoms with Crippen molar-refractivity contribution >= 4 is 0 Å². The van der Waals surface area contributed by atoms with Gasteiger partial charge in [0.05, 0.1) is 13.3 Å². The SMILES string of the molecule is COc1cncc[n+]1-c1ccccc1. The van der Waals surface area contributed by atoms with Crippen LogP contribution in [0.3, 0.4) is 0 Å². The Hall–Kier alpha value is -1.90. The van der Waals surface area contributed by atoms with E-state index < -0.39 is 0 Å². The summed E-state index contributed by atoms with van der Waals surface area (Å²) < 4.78 is 7.14. The first-order valence-corrected chi connectivity index (χ1v) is 4.37. The minimum Gasteiger partial charge on any atom is -0.446 e. The highest BCUT2D eigenvalue weighted by atomic mass is 16.5. The van der Waals surface area contributed by atoms with Gasteiger partial charge in [-0.15, -0.1) is 4.57 Å². The number of hydrogen-bond acceptors (Lipinski definition) is 2. The molecule has 0 aliphatic heterocycles. The van der Waals surface area contributed by atoms with Crippen molar-refractivity contribution in [3.05, 3.63) is 48.9 Å². The highest BCUT2D eigenvalue weighted by Gasteiger charge is 2.12. The lowest BCUT2D eigenvalue weighted by molar-refractivity contribution is -0.603. The number of ether oxygens (including phenoxy) is 1. The van der Waals surface area contributed by atoms with Crippen LogP contribution in [0.2, 0.25) is 0 Å². The van der Waals surface area contributed by atoms with Gasteiger partial charge < -0.3 is 4.74 Å². The lowest BCUT2D eigenvalue weighted by Crippen LogP contribution is -2.32. The zero-order valence-corrected chi connectivity index (χ0v) is 7.92. The number of hydrogen-bond donors (Lipinski definition) is 0. The van der Waals surface area contributed by atoms with Crippen LogP contribution in [0.5, 0.6) is 5.88 Å². The maximum Gasteiger partial charge on any atom is 0.392 e. The molecule has 70 valence electrons. The van der Waals surface area contributed by atoms with Gasteiger partial charge in [-0.05, 0) is 0 Å². The molecule has 0 aliphatic rings. The van der Waals surface area contributed by atoms with Crippen LogP contribution >= 0.6 is 0 Å². The molecule has 1 heterocycles. The number of methoxy groups -OCH3 is 1. The molecule has 1 aromatic heterocycles. The van der Waals surface area contributed by atoms with Crippen molar-refractivity contribution in [3.8, 4) is 11.6 Å². The molecule has 1 aromatic carbocycles. The van der Waals surface area contributed by atoms with E-state index in [0.29, 0.717) is 0 Å². The average Bonchev–Trinajstić information content (AvgIpc) is 2.30. The first-order valence-electron chi connectivity index (χ1n) is 4.37. The predicted molar refractivity (Wildman–Crippen MR) is 52.3 cm³/mol. The minimum absolute atomic E-state index is 0.721. The third-order valence-electron chi connectivity index (χ3n) is 1.97. The molecule has 0 saturated heterocycles. The molecular formula is C11H11N2O+. The van der Waals surface area contributed by atoms with Crippen molar-refractivity contribution in [2.75, 3.05) is 7.11 Å². The van der Waals surface area contributed by atoms with Crippen molar-refractivity contribution < 1.29 is 9.30 Å². The summed E-state index contributed by atoms with van der Waals surface area (Å²) >= 11 is 0. The van der Waals surface area contributed by atoms with Gasteiger partial charge in [-0.1, -0.05) is 18.2 Å². The maximum atomic E-state index is 5.20. The molecule has 0 bridgehead atoms. The Kier molecular flexibility index (Phi) is 2.40. The molecule has 0 spiro atoms. The monoisotopic (exact) mass is 187 g/mol. The van der Waals surface area contributed by atoms with Gasteiger partial charge >= 0.3 is 5.88 Å². The molecular weight excluding hydrogens is 176 g/mol. The second-order valence-electron chi connectivity index (χ2n) is 2.82. The van der Waals surface area contributed by atoms with Gasteiger partial charge in [-0.3, -0.25) is 0 Å². The van der Waals surface area contributed by atoms with Gasteiger partial charge in [0.2, 0.25) is 5.69 Å². The quantitative estimate of drug-likeness (QED) is 0.663. The molecule has 14 heavy (non-hydrogen) atoms. The molecule has 3 nitrogen and oxygen atoms in total.